The topological polar surface area (TPSA) is 66.5 Å². The van der Waals surface area contributed by atoms with Crippen LogP contribution < -0.4 is 5.32 Å². The highest BCUT2D eigenvalue weighted by Crippen LogP contribution is 2.23. The maximum absolute atomic E-state index is 11.6. The largest absolute Gasteiger partial charge is 0.354 e. The maximum Gasteiger partial charge on any atom is 0.229 e. The van der Waals surface area contributed by atoms with Crippen LogP contribution in [-0.4, -0.2) is 46.2 Å². The molecular formula is C13H22N2O3S. The third kappa shape index (κ3) is 6.09. The molecule has 0 unspecified atom stereocenters. The lowest BCUT2D eigenvalue weighted by molar-refractivity contribution is -0.138. The molecule has 1 fully saturated rings. The van der Waals surface area contributed by atoms with Crippen molar-refractivity contribution >= 4 is 29.5 Å². The Bertz CT molecular complexity index is 347. The van der Waals surface area contributed by atoms with Crippen LogP contribution in [0.5, 0.6) is 0 Å². The number of thioether (sulfide) groups is 1. The van der Waals surface area contributed by atoms with Crippen LogP contribution in [0, 0.1) is 0 Å². The molecule has 1 rings (SSSR count). The SMILES string of the molecule is CC(C)(C)SCCC(=O)NCCN1C(=O)CCC1=O. The molecule has 6 heteroatoms. The van der Waals surface area contributed by atoms with Gasteiger partial charge in [-0.2, -0.15) is 11.8 Å². The second kappa shape index (κ2) is 6.93. The third-order valence-electron chi connectivity index (χ3n) is 2.68. The van der Waals surface area contributed by atoms with E-state index in [2.05, 4.69) is 26.1 Å². The van der Waals surface area contributed by atoms with Crippen LogP contribution in [0.3, 0.4) is 0 Å². The van der Waals surface area contributed by atoms with Crippen molar-refractivity contribution in [1.82, 2.24) is 10.2 Å². The molecule has 0 radical (unpaired) electrons. The predicted molar refractivity (Wildman–Crippen MR) is 75.8 cm³/mol. The van der Waals surface area contributed by atoms with Crippen LogP contribution in [0.25, 0.3) is 0 Å². The van der Waals surface area contributed by atoms with Gasteiger partial charge in [-0.1, -0.05) is 20.8 Å². The molecule has 108 valence electrons. The fraction of sp³-hybridized carbons (Fsp3) is 0.769. The van der Waals surface area contributed by atoms with Crippen LogP contribution in [0.1, 0.15) is 40.0 Å². The summed E-state index contributed by atoms with van der Waals surface area (Å²) in [6.07, 6.45) is 1.06. The number of nitrogens with one attached hydrogen (secondary N) is 1. The molecule has 0 aromatic carbocycles. The van der Waals surface area contributed by atoms with E-state index in [-0.39, 0.29) is 29.0 Å². The van der Waals surface area contributed by atoms with Gasteiger partial charge in [0.05, 0.1) is 0 Å². The van der Waals surface area contributed by atoms with Crippen molar-refractivity contribution in [3.8, 4) is 0 Å². The first-order chi connectivity index (χ1) is 8.79. The minimum atomic E-state index is -0.137. The van der Waals surface area contributed by atoms with Crippen LogP contribution in [0.2, 0.25) is 0 Å². The summed E-state index contributed by atoms with van der Waals surface area (Å²) < 4.78 is 0.161. The molecule has 0 bridgehead atoms. The van der Waals surface area contributed by atoms with Gasteiger partial charge in [-0.15, -0.1) is 0 Å². The molecule has 0 aromatic rings. The van der Waals surface area contributed by atoms with Gasteiger partial charge in [-0.3, -0.25) is 19.3 Å². The first-order valence-corrected chi connectivity index (χ1v) is 7.52. The summed E-state index contributed by atoms with van der Waals surface area (Å²) in [6.45, 7) is 6.97. The summed E-state index contributed by atoms with van der Waals surface area (Å²) in [4.78, 5) is 35.4. The Kier molecular flexibility index (Phi) is 5.85. The molecule has 1 N–H and O–H groups in total. The van der Waals surface area contributed by atoms with Gasteiger partial charge in [0.1, 0.15) is 0 Å². The predicted octanol–water partition coefficient (Wildman–Crippen LogP) is 1.17. The molecule has 0 spiro atoms. The number of hydrogen-bond acceptors (Lipinski definition) is 4. The van der Waals surface area contributed by atoms with E-state index in [0.29, 0.717) is 25.8 Å². The summed E-state index contributed by atoms with van der Waals surface area (Å²) in [5.74, 6) is 0.470. The maximum atomic E-state index is 11.6. The number of rotatable bonds is 6. The molecule has 1 heterocycles. The minimum Gasteiger partial charge on any atom is -0.354 e. The van der Waals surface area contributed by atoms with E-state index in [0.717, 1.165) is 5.75 Å². The van der Waals surface area contributed by atoms with Gasteiger partial charge in [0.15, 0.2) is 0 Å². The normalized spacial score (nSPS) is 16.1. The van der Waals surface area contributed by atoms with E-state index in [4.69, 9.17) is 0 Å². The van der Waals surface area contributed by atoms with Gasteiger partial charge in [0.25, 0.3) is 0 Å². The second-order valence-electron chi connectivity index (χ2n) is 5.50. The van der Waals surface area contributed by atoms with Crippen LogP contribution in [0.15, 0.2) is 0 Å². The van der Waals surface area contributed by atoms with Crippen LogP contribution in [0.4, 0.5) is 0 Å². The first kappa shape index (κ1) is 16.0. The molecule has 0 aromatic heterocycles. The zero-order valence-corrected chi connectivity index (χ0v) is 12.6. The Balaban J connectivity index is 2.14. The van der Waals surface area contributed by atoms with Crippen molar-refractivity contribution in [3.05, 3.63) is 0 Å². The Labute approximate surface area is 118 Å². The van der Waals surface area contributed by atoms with Gasteiger partial charge in [0, 0.05) is 42.9 Å². The van der Waals surface area contributed by atoms with Crippen LogP contribution in [-0.2, 0) is 14.4 Å². The summed E-state index contributed by atoms with van der Waals surface area (Å²) >= 11 is 1.74. The number of carbonyl (C=O) groups excluding carboxylic acids is 3. The van der Waals surface area contributed by atoms with Crippen molar-refractivity contribution in [3.63, 3.8) is 0 Å². The molecule has 0 aliphatic carbocycles. The lowest BCUT2D eigenvalue weighted by atomic mass is 10.3. The summed E-state index contributed by atoms with van der Waals surface area (Å²) in [5, 5.41) is 2.74. The highest BCUT2D eigenvalue weighted by molar-refractivity contribution is 8.00. The summed E-state index contributed by atoms with van der Waals surface area (Å²) in [7, 11) is 0. The van der Waals surface area contributed by atoms with E-state index in [1.807, 2.05) is 0 Å². The van der Waals surface area contributed by atoms with Crippen molar-refractivity contribution in [2.45, 2.75) is 44.8 Å². The van der Waals surface area contributed by atoms with E-state index in [1.54, 1.807) is 11.8 Å². The zero-order valence-electron chi connectivity index (χ0n) is 11.8. The fourth-order valence-corrected chi connectivity index (χ4v) is 2.62. The Morgan fingerprint density at radius 2 is 1.84 bits per heavy atom. The Hall–Kier alpha value is -1.04. The number of carbonyl (C=O) groups is 3. The van der Waals surface area contributed by atoms with Gasteiger partial charge in [0.2, 0.25) is 17.7 Å². The van der Waals surface area contributed by atoms with Crippen molar-refractivity contribution in [1.29, 1.82) is 0 Å². The van der Waals surface area contributed by atoms with Crippen LogP contribution >= 0.6 is 11.8 Å². The molecule has 1 aliphatic heterocycles. The highest BCUT2D eigenvalue weighted by atomic mass is 32.2. The number of likely N-dealkylation sites (tertiary alicyclic amines) is 1. The number of imide groups is 1. The minimum absolute atomic E-state index is 0.0316. The molecule has 19 heavy (non-hydrogen) atoms. The lowest BCUT2D eigenvalue weighted by Crippen LogP contribution is -2.37. The summed E-state index contributed by atoms with van der Waals surface area (Å²) in [5.41, 5.74) is 0. The number of amides is 3. The van der Waals surface area contributed by atoms with Gasteiger partial charge < -0.3 is 5.32 Å². The average Bonchev–Trinajstić information content (AvgIpc) is 2.58. The summed E-state index contributed by atoms with van der Waals surface area (Å²) in [6, 6.07) is 0. The number of hydrogen-bond donors (Lipinski definition) is 1. The first-order valence-electron chi connectivity index (χ1n) is 6.53. The third-order valence-corrected chi connectivity index (χ3v) is 3.95. The Morgan fingerprint density at radius 1 is 1.26 bits per heavy atom. The van der Waals surface area contributed by atoms with E-state index >= 15 is 0 Å². The van der Waals surface area contributed by atoms with Gasteiger partial charge in [-0.05, 0) is 0 Å². The molecule has 5 nitrogen and oxygen atoms in total. The van der Waals surface area contributed by atoms with Crippen molar-refractivity contribution in [2.75, 3.05) is 18.8 Å². The van der Waals surface area contributed by atoms with Gasteiger partial charge >= 0.3 is 0 Å². The fourth-order valence-electron chi connectivity index (χ4n) is 1.72. The molecule has 3 amide bonds. The van der Waals surface area contributed by atoms with E-state index in [9.17, 15) is 14.4 Å². The zero-order chi connectivity index (χ0) is 14.5. The quantitative estimate of drug-likeness (QED) is 0.744. The van der Waals surface area contributed by atoms with Crippen molar-refractivity contribution in [2.24, 2.45) is 0 Å². The standard InChI is InChI=1S/C13H22N2O3S/c1-13(2,3)19-9-6-10(16)14-7-8-15-11(17)4-5-12(15)18/h4-9H2,1-3H3,(H,14,16). The van der Waals surface area contributed by atoms with Crippen molar-refractivity contribution < 1.29 is 14.4 Å². The molecule has 1 aliphatic rings. The molecule has 0 atom stereocenters. The Morgan fingerprint density at radius 3 is 2.37 bits per heavy atom. The van der Waals surface area contributed by atoms with Gasteiger partial charge in [-0.25, -0.2) is 0 Å². The molecule has 1 saturated heterocycles. The lowest BCUT2D eigenvalue weighted by Gasteiger charge is -2.17. The highest BCUT2D eigenvalue weighted by Gasteiger charge is 2.28. The van der Waals surface area contributed by atoms with E-state index in [1.165, 1.54) is 4.90 Å². The van der Waals surface area contributed by atoms with E-state index < -0.39 is 0 Å². The molecular weight excluding hydrogens is 264 g/mol. The smallest absolute Gasteiger partial charge is 0.229 e. The monoisotopic (exact) mass is 286 g/mol. The average molecular weight is 286 g/mol. The molecule has 0 saturated carbocycles. The second-order valence-corrected chi connectivity index (χ2v) is 7.42. The number of nitrogens with zero attached hydrogens (tertiary/aromatic N) is 1.